The molecule has 16 aromatic carbocycles. The van der Waals surface area contributed by atoms with Crippen LogP contribution in [0.3, 0.4) is 0 Å². The zero-order chi connectivity index (χ0) is 64.5. The van der Waals surface area contributed by atoms with Gasteiger partial charge in [0, 0.05) is 129 Å². The van der Waals surface area contributed by atoms with Crippen LogP contribution >= 0.6 is 136 Å². The van der Waals surface area contributed by atoms with Crippen molar-refractivity contribution in [3.05, 3.63) is 320 Å². The van der Waals surface area contributed by atoms with Gasteiger partial charge in [-0.05, 0) is 148 Å². The lowest BCUT2D eigenvalue weighted by molar-refractivity contribution is 1.67. The summed E-state index contributed by atoms with van der Waals surface area (Å²) in [5.41, 5.74) is 2.57. The minimum absolute atomic E-state index is 1.13. The molecule has 0 unspecified atom stereocenters. The summed E-state index contributed by atoms with van der Waals surface area (Å²) in [6.45, 7) is 0. The summed E-state index contributed by atoms with van der Waals surface area (Å²) in [7, 11) is 0. The maximum Gasteiger partial charge on any atom is 0.0497 e. The monoisotopic (exact) mass is 1640 g/mol. The molecule has 458 valence electrons. The Morgan fingerprint density at radius 3 is 1.24 bits per heavy atom. The van der Waals surface area contributed by atoms with Crippen molar-refractivity contribution in [1.82, 2.24) is 0 Å². The Morgan fingerprint density at radius 2 is 0.604 bits per heavy atom. The van der Waals surface area contributed by atoms with Gasteiger partial charge in [0.25, 0.3) is 0 Å². The van der Waals surface area contributed by atoms with Crippen LogP contribution < -0.4 is 0 Å². The third-order valence-corrected chi connectivity index (χ3v) is 27.0. The zero-order valence-electron chi connectivity index (χ0n) is 50.7. The molecule has 0 spiro atoms. The van der Waals surface area contributed by atoms with E-state index >= 15 is 0 Å². The zero-order valence-corrected chi connectivity index (χ0v) is 62.7. The average molecular weight is 1640 g/mol. The second-order valence-electron chi connectivity index (χ2n) is 23.5. The number of rotatable bonds is 1. The van der Waals surface area contributed by atoms with E-state index < -0.39 is 0 Å². The van der Waals surface area contributed by atoms with E-state index in [1.807, 2.05) is 56.7 Å². The molecule has 0 radical (unpaired) electrons. The molecule has 0 aliphatic rings. The smallest absolute Gasteiger partial charge is 0.0497 e. The van der Waals surface area contributed by atoms with Crippen LogP contribution in [0.4, 0.5) is 0 Å². The van der Waals surface area contributed by atoms with Crippen LogP contribution in [0.1, 0.15) is 0 Å². The lowest BCUT2D eigenvalue weighted by atomic mass is 9.96. The predicted octanol–water partition coefficient (Wildman–Crippen LogP) is 31.5. The molecular weight excluding hydrogens is 1590 g/mol. The maximum absolute atomic E-state index is 3.68. The topological polar surface area (TPSA) is 0 Å². The van der Waals surface area contributed by atoms with Crippen LogP contribution in [0.5, 0.6) is 0 Å². The number of hydrogen-bond acceptors (Lipinski definition) is 5. The first-order chi connectivity index (χ1) is 47.1. The van der Waals surface area contributed by atoms with E-state index in [9.17, 15) is 0 Å². The van der Waals surface area contributed by atoms with E-state index in [0.29, 0.717) is 0 Å². The number of halogens is 5. The summed E-state index contributed by atoms with van der Waals surface area (Å²) in [5, 5.41) is 26.8. The first-order valence-electron chi connectivity index (χ1n) is 31.2. The standard InChI is InChI=1S/C22H13BrS.4C16H9BrS/c23-15-10-11-21-19(12-15)20-13-18(14-6-2-1-3-7-14)16-8-4-5-9-17(16)22(20)24-21;17-13-9-15-16(11-6-2-1-5-10(11)13)12-7-3-4-8-14(12)18-15;17-14-7-3-6-12-13-9-8-10-4-1-2-5-11(10)15(13)18-16(12)14;17-11-6-8-13-14-7-5-10-3-1-2-4-12(10)16(14)18-15(13)9-11;17-11-6-8-15-14(9-11)13-7-5-10-3-1-2-4-12(10)16(13)18-15/h1-13H;4*1-9H. The Labute approximate surface area is 615 Å². The van der Waals surface area contributed by atoms with Crippen molar-refractivity contribution in [1.29, 1.82) is 0 Å². The Bertz CT molecular complexity index is 6560. The van der Waals surface area contributed by atoms with Crippen LogP contribution in [-0.4, -0.2) is 0 Å². The van der Waals surface area contributed by atoms with Gasteiger partial charge in [-0.3, -0.25) is 0 Å². The quantitative estimate of drug-likeness (QED) is 0.154. The molecule has 0 amide bonds. The molecule has 0 fully saturated rings. The molecule has 0 aliphatic carbocycles. The molecule has 0 atom stereocenters. The van der Waals surface area contributed by atoms with Gasteiger partial charge in [-0.1, -0.05) is 288 Å². The van der Waals surface area contributed by atoms with E-state index in [4.69, 9.17) is 0 Å². The first kappa shape index (κ1) is 61.9. The molecule has 0 saturated carbocycles. The Balaban J connectivity index is 0.0000000912. The highest BCUT2D eigenvalue weighted by molar-refractivity contribution is 9.11. The van der Waals surface area contributed by atoms with Crippen molar-refractivity contribution in [3.63, 3.8) is 0 Å². The lowest BCUT2D eigenvalue weighted by Crippen LogP contribution is -1.82. The predicted molar refractivity (Wildman–Crippen MR) is 448 cm³/mol. The molecule has 0 N–H and O–H groups in total. The maximum atomic E-state index is 3.68. The van der Waals surface area contributed by atoms with Gasteiger partial charge in [-0.25, -0.2) is 0 Å². The van der Waals surface area contributed by atoms with Gasteiger partial charge < -0.3 is 0 Å². The van der Waals surface area contributed by atoms with Gasteiger partial charge in [-0.2, -0.15) is 0 Å². The Kier molecular flexibility index (Phi) is 16.9. The molecule has 21 aromatic rings. The van der Waals surface area contributed by atoms with Gasteiger partial charge in [0.1, 0.15) is 0 Å². The van der Waals surface area contributed by atoms with Crippen molar-refractivity contribution in [2.45, 2.75) is 0 Å². The number of thiophene rings is 5. The van der Waals surface area contributed by atoms with Gasteiger partial charge in [0.05, 0.1) is 0 Å². The number of fused-ring (bicyclic) bond motifs is 25. The third kappa shape index (κ3) is 11.4. The second kappa shape index (κ2) is 26.3. The van der Waals surface area contributed by atoms with Gasteiger partial charge >= 0.3 is 0 Å². The molecule has 0 nitrogen and oxygen atoms in total. The first-order valence-corrected chi connectivity index (χ1v) is 39.3. The Hall–Kier alpha value is -7.68. The van der Waals surface area contributed by atoms with Crippen LogP contribution in [0.2, 0.25) is 0 Å². The number of benzene rings is 16. The van der Waals surface area contributed by atoms with E-state index in [1.54, 1.807) is 0 Å². The molecule has 10 heteroatoms. The summed E-state index contributed by atoms with van der Waals surface area (Å²) in [4.78, 5) is 0. The van der Waals surface area contributed by atoms with Gasteiger partial charge in [0.2, 0.25) is 0 Å². The molecular formula is C86H49Br5S5. The van der Waals surface area contributed by atoms with Crippen molar-refractivity contribution < 1.29 is 0 Å². The Morgan fingerprint density at radius 1 is 0.188 bits per heavy atom. The van der Waals surface area contributed by atoms with E-state index in [-0.39, 0.29) is 0 Å². The van der Waals surface area contributed by atoms with Crippen molar-refractivity contribution in [2.75, 3.05) is 0 Å². The summed E-state index contributed by atoms with van der Waals surface area (Å²) in [5.74, 6) is 0. The van der Waals surface area contributed by atoms with E-state index in [0.717, 1.165) is 13.4 Å². The lowest BCUT2D eigenvalue weighted by Gasteiger charge is -2.08. The summed E-state index contributed by atoms with van der Waals surface area (Å²) >= 11 is 27.4. The summed E-state index contributed by atoms with van der Waals surface area (Å²) in [6, 6.07) is 106. The van der Waals surface area contributed by atoms with Gasteiger partial charge in [-0.15, -0.1) is 56.7 Å². The van der Waals surface area contributed by atoms with Crippen LogP contribution in [0, 0.1) is 0 Å². The third-order valence-electron chi connectivity index (χ3n) is 17.8. The fourth-order valence-electron chi connectivity index (χ4n) is 13.4. The van der Waals surface area contributed by atoms with Crippen LogP contribution in [0.15, 0.2) is 320 Å². The molecule has 5 heterocycles. The fraction of sp³-hybridized carbons (Fsp3) is 0. The molecule has 21 rings (SSSR count). The minimum Gasteiger partial charge on any atom is -0.135 e. The largest absolute Gasteiger partial charge is 0.135 e. The SMILES string of the molecule is Brc1cc2sc3ccccc3c2c2ccccc12.Brc1ccc2c(c1)sc1c3ccccc3ccc21.Brc1ccc2sc3c4ccccc4c(-c4ccccc4)cc3c2c1.Brc1ccc2sc3c4ccccc4ccc3c2c1.Brc1cccc2c1sc1c3ccccc3ccc21. The van der Waals surface area contributed by atoms with Crippen molar-refractivity contribution >= 4 is 291 Å². The second-order valence-corrected chi connectivity index (χ2v) is 33.2. The van der Waals surface area contributed by atoms with Crippen molar-refractivity contribution in [3.8, 4) is 11.1 Å². The normalized spacial score (nSPS) is 11.6. The van der Waals surface area contributed by atoms with E-state index in [1.165, 1.54) is 175 Å². The van der Waals surface area contributed by atoms with E-state index in [2.05, 4.69) is 377 Å². The summed E-state index contributed by atoms with van der Waals surface area (Å²) < 4.78 is 19.4. The van der Waals surface area contributed by atoms with Gasteiger partial charge in [0.15, 0.2) is 0 Å². The summed E-state index contributed by atoms with van der Waals surface area (Å²) in [6.07, 6.45) is 0. The average Bonchev–Trinajstić information content (AvgIpc) is 1.55. The van der Waals surface area contributed by atoms with Crippen molar-refractivity contribution in [2.24, 2.45) is 0 Å². The number of hydrogen-bond donors (Lipinski definition) is 0. The molecule has 96 heavy (non-hydrogen) atoms. The molecule has 0 aliphatic heterocycles. The van der Waals surface area contributed by atoms with Crippen LogP contribution in [-0.2, 0) is 0 Å². The highest BCUT2D eigenvalue weighted by Gasteiger charge is 2.16. The molecule has 0 saturated heterocycles. The fourth-order valence-corrected chi connectivity index (χ4v) is 22.1. The molecule has 0 bridgehead atoms. The highest BCUT2D eigenvalue weighted by Crippen LogP contribution is 2.47. The minimum atomic E-state index is 1.13. The van der Waals surface area contributed by atoms with Crippen LogP contribution in [0.25, 0.3) is 166 Å². The highest BCUT2D eigenvalue weighted by atomic mass is 79.9. The molecule has 5 aromatic heterocycles.